The van der Waals surface area contributed by atoms with E-state index in [0.717, 1.165) is 25.2 Å². The van der Waals surface area contributed by atoms with Gasteiger partial charge in [0, 0.05) is 24.5 Å². The Hall–Kier alpha value is -3.74. The number of hydrogen-bond acceptors (Lipinski definition) is 5. The van der Waals surface area contributed by atoms with Crippen molar-refractivity contribution in [1.29, 1.82) is 0 Å². The molecule has 0 spiro atoms. The normalized spacial score (nSPS) is 16.3. The van der Waals surface area contributed by atoms with Crippen LogP contribution in [0.4, 0.5) is 11.6 Å². The molecule has 3 aromatic heterocycles. The predicted octanol–water partition coefficient (Wildman–Crippen LogP) is 5.02. The van der Waals surface area contributed by atoms with Crippen LogP contribution in [0.3, 0.4) is 0 Å². The van der Waals surface area contributed by atoms with Crippen molar-refractivity contribution in [2.24, 2.45) is 0 Å². The number of carbonyl (C=O) groups excluding carboxylic acids is 1. The third-order valence-electron chi connectivity index (χ3n) is 6.20. The summed E-state index contributed by atoms with van der Waals surface area (Å²) in [6.07, 6.45) is 7.64. The van der Waals surface area contributed by atoms with Crippen LogP contribution in [0.15, 0.2) is 67.1 Å². The number of carbonyl (C=O) groups is 1. The zero-order valence-corrected chi connectivity index (χ0v) is 19.2. The largest absolute Gasteiger partial charge is 0.348 e. The van der Waals surface area contributed by atoms with Crippen LogP contribution in [0.25, 0.3) is 5.65 Å². The number of aromatic nitrogens is 4. The molecule has 1 fully saturated rings. The number of fused-ring (bicyclic) bond motifs is 1. The van der Waals surface area contributed by atoms with Crippen molar-refractivity contribution in [1.82, 2.24) is 19.6 Å². The molecule has 1 amide bonds. The van der Waals surface area contributed by atoms with Crippen LogP contribution >= 0.6 is 0 Å². The third kappa shape index (κ3) is 4.31. The van der Waals surface area contributed by atoms with Crippen LogP contribution in [-0.2, 0) is 5.41 Å². The maximum absolute atomic E-state index is 12.7. The minimum absolute atomic E-state index is 0.0474. The standard InChI is InChI=1S/C26H28N6O/c1-26(2,3)20-8-6-19(7-9-20)25(33)29-22-17-32-23(28-22)10-11-24(30-32)31-16-4-5-21(31)18-12-14-27-15-13-18/h6-15,17,21H,4-5,16H2,1-3H3,(H,29,33). The highest BCUT2D eigenvalue weighted by Crippen LogP contribution is 2.35. The predicted molar refractivity (Wildman–Crippen MR) is 130 cm³/mol. The summed E-state index contributed by atoms with van der Waals surface area (Å²) in [4.78, 5) is 23.7. The summed E-state index contributed by atoms with van der Waals surface area (Å²) in [5, 5.41) is 7.68. The van der Waals surface area contributed by atoms with Crippen molar-refractivity contribution in [2.45, 2.75) is 45.1 Å². The van der Waals surface area contributed by atoms with Gasteiger partial charge in [-0.2, -0.15) is 0 Å². The number of rotatable bonds is 4. The molecule has 0 aliphatic carbocycles. The molecule has 7 heteroatoms. The lowest BCUT2D eigenvalue weighted by atomic mass is 9.87. The van der Waals surface area contributed by atoms with Crippen LogP contribution in [0.1, 0.15) is 61.1 Å². The molecule has 1 atom stereocenters. The Morgan fingerprint density at radius 3 is 2.52 bits per heavy atom. The first kappa shape index (κ1) is 21.1. The summed E-state index contributed by atoms with van der Waals surface area (Å²) in [6.45, 7) is 7.42. The molecule has 0 saturated carbocycles. The van der Waals surface area contributed by atoms with Gasteiger partial charge in [-0.05, 0) is 65.8 Å². The summed E-state index contributed by atoms with van der Waals surface area (Å²) in [7, 11) is 0. The van der Waals surface area contributed by atoms with Gasteiger partial charge in [-0.25, -0.2) is 9.50 Å². The third-order valence-corrected chi connectivity index (χ3v) is 6.20. The molecule has 1 aromatic carbocycles. The molecule has 1 unspecified atom stereocenters. The van der Waals surface area contributed by atoms with Gasteiger partial charge in [-0.3, -0.25) is 9.78 Å². The van der Waals surface area contributed by atoms with Crippen molar-refractivity contribution in [3.63, 3.8) is 0 Å². The smallest absolute Gasteiger partial charge is 0.256 e. The summed E-state index contributed by atoms with van der Waals surface area (Å²) in [5.74, 6) is 1.20. The first-order valence-corrected chi connectivity index (χ1v) is 11.3. The number of benzene rings is 1. The summed E-state index contributed by atoms with van der Waals surface area (Å²) in [6, 6.07) is 16.1. The summed E-state index contributed by atoms with van der Waals surface area (Å²) < 4.78 is 1.73. The van der Waals surface area contributed by atoms with E-state index in [1.807, 2.05) is 48.8 Å². The van der Waals surface area contributed by atoms with Crippen molar-refractivity contribution in [2.75, 3.05) is 16.8 Å². The molecule has 1 saturated heterocycles. The van der Waals surface area contributed by atoms with Crippen LogP contribution in [0, 0.1) is 0 Å². The van der Waals surface area contributed by atoms with E-state index in [1.165, 1.54) is 11.1 Å². The lowest BCUT2D eigenvalue weighted by Crippen LogP contribution is -2.24. The average molecular weight is 441 g/mol. The molecular weight excluding hydrogens is 412 g/mol. The topological polar surface area (TPSA) is 75.4 Å². The van der Waals surface area contributed by atoms with Gasteiger partial charge in [-0.15, -0.1) is 5.10 Å². The highest BCUT2D eigenvalue weighted by molar-refractivity contribution is 6.03. The van der Waals surface area contributed by atoms with E-state index in [9.17, 15) is 4.79 Å². The van der Waals surface area contributed by atoms with Gasteiger partial charge in [0.1, 0.15) is 5.82 Å². The van der Waals surface area contributed by atoms with Crippen molar-refractivity contribution in [3.8, 4) is 0 Å². The molecule has 5 rings (SSSR count). The molecule has 1 N–H and O–H groups in total. The van der Waals surface area contributed by atoms with Gasteiger partial charge in [0.25, 0.3) is 5.91 Å². The zero-order chi connectivity index (χ0) is 23.0. The molecule has 4 aromatic rings. The van der Waals surface area contributed by atoms with E-state index >= 15 is 0 Å². The Bertz CT molecular complexity index is 1270. The molecule has 0 radical (unpaired) electrons. The Morgan fingerprint density at radius 2 is 1.79 bits per heavy atom. The maximum Gasteiger partial charge on any atom is 0.256 e. The van der Waals surface area contributed by atoms with E-state index in [4.69, 9.17) is 5.10 Å². The summed E-state index contributed by atoms with van der Waals surface area (Å²) >= 11 is 0. The quantitative estimate of drug-likeness (QED) is 0.482. The number of nitrogens with one attached hydrogen (secondary N) is 1. The number of anilines is 2. The van der Waals surface area contributed by atoms with Crippen LogP contribution < -0.4 is 10.2 Å². The highest BCUT2D eigenvalue weighted by atomic mass is 16.1. The van der Waals surface area contributed by atoms with Crippen LogP contribution in [0.2, 0.25) is 0 Å². The number of imidazole rings is 1. The highest BCUT2D eigenvalue weighted by Gasteiger charge is 2.27. The lowest BCUT2D eigenvalue weighted by Gasteiger charge is -2.25. The number of hydrogen-bond donors (Lipinski definition) is 1. The Balaban J connectivity index is 1.35. The zero-order valence-electron chi connectivity index (χ0n) is 19.2. The molecule has 4 heterocycles. The van der Waals surface area contributed by atoms with E-state index in [0.29, 0.717) is 17.0 Å². The number of amides is 1. The van der Waals surface area contributed by atoms with E-state index in [2.05, 4.69) is 53.1 Å². The second-order valence-corrected chi connectivity index (χ2v) is 9.53. The summed E-state index contributed by atoms with van der Waals surface area (Å²) in [5.41, 5.74) is 3.78. The second kappa shape index (κ2) is 8.31. The van der Waals surface area contributed by atoms with Crippen molar-refractivity contribution >= 4 is 23.2 Å². The molecule has 1 aliphatic heterocycles. The molecule has 168 valence electrons. The Labute approximate surface area is 193 Å². The van der Waals surface area contributed by atoms with Gasteiger partial charge in [0.2, 0.25) is 0 Å². The first-order valence-electron chi connectivity index (χ1n) is 11.3. The van der Waals surface area contributed by atoms with E-state index < -0.39 is 0 Å². The van der Waals surface area contributed by atoms with Gasteiger partial charge < -0.3 is 10.2 Å². The molecule has 1 aliphatic rings. The fourth-order valence-corrected chi connectivity index (χ4v) is 4.37. The second-order valence-electron chi connectivity index (χ2n) is 9.53. The molecule has 7 nitrogen and oxygen atoms in total. The molecule has 33 heavy (non-hydrogen) atoms. The molecule has 0 bridgehead atoms. The van der Waals surface area contributed by atoms with Crippen LogP contribution in [-0.4, -0.2) is 32.0 Å². The van der Waals surface area contributed by atoms with Crippen LogP contribution in [0.5, 0.6) is 0 Å². The SMILES string of the molecule is CC(C)(C)c1ccc(C(=O)Nc2cn3nc(N4CCCC4c4ccncc4)ccc3n2)cc1. The van der Waals surface area contributed by atoms with Crippen molar-refractivity contribution in [3.05, 3.63) is 83.8 Å². The Kier molecular flexibility index (Phi) is 5.32. The minimum atomic E-state index is -0.184. The fraction of sp³-hybridized carbons (Fsp3) is 0.308. The van der Waals surface area contributed by atoms with Gasteiger partial charge in [-0.1, -0.05) is 32.9 Å². The van der Waals surface area contributed by atoms with Gasteiger partial charge in [0.15, 0.2) is 11.5 Å². The van der Waals surface area contributed by atoms with Gasteiger partial charge >= 0.3 is 0 Å². The minimum Gasteiger partial charge on any atom is -0.348 e. The maximum atomic E-state index is 12.7. The Morgan fingerprint density at radius 1 is 1.03 bits per heavy atom. The number of pyridine rings is 1. The fourth-order valence-electron chi connectivity index (χ4n) is 4.37. The van der Waals surface area contributed by atoms with Crippen molar-refractivity contribution < 1.29 is 4.79 Å². The number of nitrogens with zero attached hydrogens (tertiary/aromatic N) is 5. The molecular formula is C26H28N6O. The van der Waals surface area contributed by atoms with Gasteiger partial charge in [0.05, 0.1) is 12.2 Å². The lowest BCUT2D eigenvalue weighted by molar-refractivity contribution is 0.102. The average Bonchev–Trinajstić information content (AvgIpc) is 3.45. The van der Waals surface area contributed by atoms with E-state index in [-0.39, 0.29) is 17.4 Å². The van der Waals surface area contributed by atoms with E-state index in [1.54, 1.807) is 10.7 Å². The first-order chi connectivity index (χ1) is 15.9. The monoisotopic (exact) mass is 440 g/mol.